The molecule has 3 aliphatic rings. The van der Waals surface area contributed by atoms with Crippen LogP contribution in [-0.2, 0) is 70.7 Å². The second kappa shape index (κ2) is 70.5. The van der Waals surface area contributed by atoms with E-state index in [0.29, 0.717) is 38.5 Å². The van der Waals surface area contributed by atoms with Gasteiger partial charge in [0.1, 0.15) is 92.6 Å². The van der Waals surface area contributed by atoms with E-state index in [1.807, 2.05) is 0 Å². The minimum absolute atomic E-state index is 0.0190. The maximum Gasteiger partial charge on any atom is 0.472 e. The molecule has 26 heteroatoms. The van der Waals surface area contributed by atoms with Crippen molar-refractivity contribution in [2.45, 2.75) is 517 Å². The molecule has 3 rings (SSSR count). The number of rotatable bonds is 77. The standard InChI is InChI=1S/C91H169O25P/c1-5-9-13-17-21-25-29-33-36-40-43-47-51-55-59-63-74(93)107-68-71(110-76(95)65-61-57-53-49-46-42-38-35-31-27-23-19-15-11-7-3)69-109-117(105,106)116-89-87(114-90-84(103)80(99)78(97)72(67-92)111-90)83(102)82(101)86(113-77(96)66-62-58-54-50-45-39-32-28-24-20-16-12-8-4)88(89)115-91-85(104)81(100)79(98)73(112-91)70-108-75(94)64-60-56-52-48-44-41-37-34-30-26-22-18-14-10-6-2/h27,31,71-73,78-92,97-104H,5-26,28-30,32-70H2,1-4H3,(H,105,106)/b31-27-. The zero-order valence-corrected chi connectivity index (χ0v) is 74.2. The van der Waals surface area contributed by atoms with E-state index in [1.54, 1.807) is 0 Å². The van der Waals surface area contributed by atoms with E-state index in [-0.39, 0.29) is 25.7 Å². The van der Waals surface area contributed by atoms with Crippen LogP contribution in [0.1, 0.15) is 413 Å². The molecule has 2 saturated heterocycles. The molecule has 117 heavy (non-hydrogen) atoms. The number of allylic oxidation sites excluding steroid dienone is 2. The number of hydrogen-bond donors (Lipinski definition) is 10. The minimum atomic E-state index is -5.80. The minimum Gasteiger partial charge on any atom is -0.463 e. The van der Waals surface area contributed by atoms with Crippen molar-refractivity contribution in [3.8, 4) is 0 Å². The number of ether oxygens (including phenoxy) is 8. The predicted octanol–water partition coefficient (Wildman–Crippen LogP) is 17.6. The second-order valence-corrected chi connectivity index (χ2v) is 35.3. The van der Waals surface area contributed by atoms with Gasteiger partial charge < -0.3 is 88.7 Å². The van der Waals surface area contributed by atoms with Crippen molar-refractivity contribution in [2.75, 3.05) is 26.4 Å². The van der Waals surface area contributed by atoms with Crippen LogP contribution >= 0.6 is 7.82 Å². The van der Waals surface area contributed by atoms with Crippen molar-refractivity contribution >= 4 is 31.7 Å². The van der Waals surface area contributed by atoms with Crippen molar-refractivity contribution in [3.63, 3.8) is 0 Å². The average Bonchev–Trinajstić information content (AvgIpc) is 0.754. The molecule has 3 fully saturated rings. The SMILES string of the molecule is CCCCCC/C=C\CCCCCCCCCC(=O)OC(COC(=O)CCCCCCCCCCCCCCCCC)COP(=O)(O)OC1C(OC2OC(CO)C(O)C(O)C2O)C(O)C(O)C(OC(=O)CCCCCCCCCCCCCCC)C1OC1OC(COC(=O)CCCCCCCCCCCCCCCCC)C(O)C(O)C1O. The quantitative estimate of drug-likeness (QED) is 0.00889. The van der Waals surface area contributed by atoms with Crippen LogP contribution in [-0.4, -0.2) is 205 Å². The van der Waals surface area contributed by atoms with Crippen LogP contribution in [0.2, 0.25) is 0 Å². The lowest BCUT2D eigenvalue weighted by molar-refractivity contribution is -0.360. The van der Waals surface area contributed by atoms with Crippen molar-refractivity contribution in [1.82, 2.24) is 0 Å². The lowest BCUT2D eigenvalue weighted by Gasteiger charge is -2.50. The molecule has 2 heterocycles. The van der Waals surface area contributed by atoms with E-state index >= 15 is 0 Å². The first-order chi connectivity index (χ1) is 56.7. The summed E-state index contributed by atoms with van der Waals surface area (Å²) < 4.78 is 73.4. The number of aliphatic hydroxyl groups is 9. The highest BCUT2D eigenvalue weighted by molar-refractivity contribution is 7.47. The summed E-state index contributed by atoms with van der Waals surface area (Å²) in [6, 6.07) is 0. The van der Waals surface area contributed by atoms with Crippen molar-refractivity contribution in [2.24, 2.45) is 0 Å². The van der Waals surface area contributed by atoms with Crippen LogP contribution in [0.4, 0.5) is 0 Å². The van der Waals surface area contributed by atoms with E-state index in [9.17, 15) is 74.6 Å². The monoisotopic (exact) mass is 1690 g/mol. The summed E-state index contributed by atoms with van der Waals surface area (Å²) in [6.45, 7) is 5.60. The molecule has 688 valence electrons. The number of phosphoric acid groups is 1. The molecule has 18 atom stereocenters. The maximum absolute atomic E-state index is 14.9. The normalized spacial score (nSPS) is 25.0. The zero-order valence-electron chi connectivity index (χ0n) is 73.3. The molecule has 25 nitrogen and oxygen atoms in total. The van der Waals surface area contributed by atoms with Gasteiger partial charge in [0.25, 0.3) is 0 Å². The van der Waals surface area contributed by atoms with Crippen LogP contribution < -0.4 is 0 Å². The van der Waals surface area contributed by atoms with Crippen LogP contribution in [0, 0.1) is 0 Å². The molecule has 0 aromatic rings. The topological polar surface area (TPSA) is 380 Å². The van der Waals surface area contributed by atoms with Crippen molar-refractivity contribution in [1.29, 1.82) is 0 Å². The lowest BCUT2D eigenvalue weighted by atomic mass is 9.84. The Morgan fingerprint density at radius 1 is 0.333 bits per heavy atom. The number of unbranched alkanes of at least 4 members (excludes halogenated alkanes) is 51. The molecule has 0 aromatic heterocycles. The molecule has 0 radical (unpaired) electrons. The zero-order chi connectivity index (χ0) is 85.4. The molecule has 0 spiro atoms. The molecule has 1 saturated carbocycles. The Kier molecular flexibility index (Phi) is 65.3. The van der Waals surface area contributed by atoms with E-state index in [2.05, 4.69) is 39.8 Å². The third-order valence-electron chi connectivity index (χ3n) is 23.3. The van der Waals surface area contributed by atoms with Gasteiger partial charge >= 0.3 is 31.7 Å². The number of aliphatic hydroxyl groups excluding tert-OH is 9. The fourth-order valence-electron chi connectivity index (χ4n) is 15.7. The number of hydrogen-bond acceptors (Lipinski definition) is 24. The van der Waals surface area contributed by atoms with Gasteiger partial charge in [0.2, 0.25) is 0 Å². The molecular formula is C91H169O25P. The second-order valence-electron chi connectivity index (χ2n) is 33.9. The first-order valence-corrected chi connectivity index (χ1v) is 48.9. The van der Waals surface area contributed by atoms with Crippen LogP contribution in [0.15, 0.2) is 12.2 Å². The third kappa shape index (κ3) is 50.7. The number of phosphoric ester groups is 1. The molecule has 0 aromatic carbocycles. The Hall–Kier alpha value is -2.79. The lowest BCUT2D eigenvalue weighted by Crippen LogP contribution is -2.70. The molecule has 10 N–H and O–H groups in total. The fourth-order valence-corrected chi connectivity index (χ4v) is 16.7. The largest absolute Gasteiger partial charge is 0.472 e. The van der Waals surface area contributed by atoms with Crippen LogP contribution in [0.25, 0.3) is 0 Å². The summed E-state index contributed by atoms with van der Waals surface area (Å²) in [5.41, 5.74) is 0. The molecular weight excluding hydrogens is 1520 g/mol. The Morgan fingerprint density at radius 3 is 1.03 bits per heavy atom. The fraction of sp³-hybridized carbons (Fsp3) is 0.934. The summed E-state index contributed by atoms with van der Waals surface area (Å²) in [7, 11) is -5.80. The molecule has 0 amide bonds. The predicted molar refractivity (Wildman–Crippen MR) is 453 cm³/mol. The van der Waals surface area contributed by atoms with Gasteiger partial charge in [-0.25, -0.2) is 4.57 Å². The Labute approximate surface area is 705 Å². The van der Waals surface area contributed by atoms with Gasteiger partial charge in [-0.1, -0.05) is 348 Å². The van der Waals surface area contributed by atoms with E-state index < -0.39 is 162 Å². The van der Waals surface area contributed by atoms with Crippen molar-refractivity contribution < 1.29 is 122 Å². The van der Waals surface area contributed by atoms with E-state index in [1.165, 1.54) is 180 Å². The van der Waals surface area contributed by atoms with Gasteiger partial charge in [0.05, 0.1) is 13.2 Å². The van der Waals surface area contributed by atoms with Crippen LogP contribution in [0.5, 0.6) is 0 Å². The first-order valence-electron chi connectivity index (χ1n) is 47.4. The molecule has 18 unspecified atom stereocenters. The van der Waals surface area contributed by atoms with Gasteiger partial charge in [-0.2, -0.15) is 0 Å². The summed E-state index contributed by atoms with van der Waals surface area (Å²) in [5.74, 6) is -2.95. The Bertz CT molecular complexity index is 2480. The van der Waals surface area contributed by atoms with E-state index in [0.717, 1.165) is 141 Å². The van der Waals surface area contributed by atoms with Crippen LogP contribution in [0.3, 0.4) is 0 Å². The van der Waals surface area contributed by atoms with Gasteiger partial charge in [-0.15, -0.1) is 0 Å². The highest BCUT2D eigenvalue weighted by atomic mass is 31.2. The molecule has 1 aliphatic carbocycles. The summed E-state index contributed by atoms with van der Waals surface area (Å²) in [5, 5.41) is 102. The highest BCUT2D eigenvalue weighted by Gasteiger charge is 2.60. The maximum atomic E-state index is 14.9. The van der Waals surface area contributed by atoms with Gasteiger partial charge in [-0.05, 0) is 51.4 Å². The Morgan fingerprint density at radius 2 is 0.641 bits per heavy atom. The first kappa shape index (κ1) is 108. The van der Waals surface area contributed by atoms with E-state index in [4.69, 9.17) is 46.9 Å². The van der Waals surface area contributed by atoms with Gasteiger partial charge in [-0.3, -0.25) is 28.2 Å². The van der Waals surface area contributed by atoms with Gasteiger partial charge in [0, 0.05) is 25.7 Å². The number of carbonyl (C=O) groups excluding carboxylic acids is 4. The van der Waals surface area contributed by atoms with Crippen molar-refractivity contribution in [3.05, 3.63) is 12.2 Å². The summed E-state index contributed by atoms with van der Waals surface area (Å²) in [4.78, 5) is 66.5. The number of esters is 4. The van der Waals surface area contributed by atoms with Gasteiger partial charge in [0.15, 0.2) is 24.8 Å². The summed E-state index contributed by atoms with van der Waals surface area (Å²) >= 11 is 0. The highest BCUT2D eigenvalue weighted by Crippen LogP contribution is 2.49. The number of carbonyl (C=O) groups is 4. The third-order valence-corrected chi connectivity index (χ3v) is 24.3. The Balaban J connectivity index is 1.91. The smallest absolute Gasteiger partial charge is 0.463 e. The average molecular weight is 1690 g/mol. The molecule has 2 aliphatic heterocycles. The summed E-state index contributed by atoms with van der Waals surface area (Å²) in [6.07, 6.45) is 29.1. The molecule has 0 bridgehead atoms.